The first-order valence-corrected chi connectivity index (χ1v) is 4.12. The van der Waals surface area contributed by atoms with Crippen LogP contribution in [0.5, 0.6) is 0 Å². The fourth-order valence-electron chi connectivity index (χ4n) is 0.912. The molecule has 0 unspecified atom stereocenters. The van der Waals surface area contributed by atoms with Gasteiger partial charge in [-0.2, -0.15) is 0 Å². The first-order valence-electron chi connectivity index (χ1n) is 4.12. The van der Waals surface area contributed by atoms with Gasteiger partial charge in [-0.1, -0.05) is 30.4 Å². The quantitative estimate of drug-likeness (QED) is 0.433. The lowest BCUT2D eigenvalue weighted by Gasteiger charge is -1.93. The van der Waals surface area contributed by atoms with E-state index in [1.165, 1.54) is 6.08 Å². The van der Waals surface area contributed by atoms with Gasteiger partial charge in [-0.3, -0.25) is 0 Å². The first kappa shape index (κ1) is 10.1. The number of aliphatic carboxylic acids is 1. The van der Waals surface area contributed by atoms with Crippen LogP contribution in [0.4, 0.5) is 5.69 Å². The zero-order valence-corrected chi connectivity index (χ0v) is 7.55. The molecule has 0 aliphatic carbocycles. The molecule has 72 valence electrons. The van der Waals surface area contributed by atoms with Crippen molar-refractivity contribution >= 4 is 17.7 Å². The van der Waals surface area contributed by atoms with E-state index in [0.29, 0.717) is 5.69 Å². The molecular weight excluding hydrogens is 178 g/mol. The Kier molecular flexibility index (Phi) is 3.49. The molecule has 0 aliphatic rings. The lowest BCUT2D eigenvalue weighted by atomic mass is 10.2. The zero-order chi connectivity index (χ0) is 10.4. The number of hydrogen-bond donors (Lipinski definition) is 2. The van der Waals surface area contributed by atoms with Crippen LogP contribution in [-0.2, 0) is 4.79 Å². The average Bonchev–Trinajstić information content (AvgIpc) is 2.15. The van der Waals surface area contributed by atoms with Crippen LogP contribution in [0.1, 0.15) is 5.56 Å². The molecule has 0 fully saturated rings. The highest BCUT2D eigenvalue weighted by Gasteiger charge is 1.85. The number of rotatable bonds is 3. The summed E-state index contributed by atoms with van der Waals surface area (Å²) in [4.78, 5) is 10.1. The van der Waals surface area contributed by atoms with Crippen LogP contribution in [0.15, 0.2) is 42.5 Å². The predicted molar refractivity (Wildman–Crippen MR) is 56.7 cm³/mol. The molecule has 0 amide bonds. The van der Waals surface area contributed by atoms with Gasteiger partial charge in [-0.05, 0) is 17.7 Å². The van der Waals surface area contributed by atoms with Crippen LogP contribution in [0.3, 0.4) is 0 Å². The molecule has 0 atom stereocenters. The van der Waals surface area contributed by atoms with Gasteiger partial charge in [0.15, 0.2) is 0 Å². The second kappa shape index (κ2) is 4.87. The van der Waals surface area contributed by atoms with Gasteiger partial charge in [0.05, 0.1) is 0 Å². The van der Waals surface area contributed by atoms with E-state index in [4.69, 9.17) is 10.8 Å². The highest BCUT2D eigenvalue weighted by molar-refractivity contribution is 5.80. The Morgan fingerprint density at radius 2 is 1.86 bits per heavy atom. The Bertz CT molecular complexity index is 363. The van der Waals surface area contributed by atoms with E-state index in [1.807, 2.05) is 12.1 Å². The molecular formula is C11H11NO2. The summed E-state index contributed by atoms with van der Waals surface area (Å²) in [5.74, 6) is -0.952. The van der Waals surface area contributed by atoms with Crippen LogP contribution in [0.2, 0.25) is 0 Å². The molecule has 3 heteroatoms. The van der Waals surface area contributed by atoms with E-state index in [2.05, 4.69) is 0 Å². The molecule has 0 heterocycles. The van der Waals surface area contributed by atoms with Crippen LogP contribution in [-0.4, -0.2) is 11.1 Å². The van der Waals surface area contributed by atoms with Gasteiger partial charge in [0.25, 0.3) is 0 Å². The second-order valence-corrected chi connectivity index (χ2v) is 2.72. The monoisotopic (exact) mass is 189 g/mol. The number of nitrogens with two attached hydrogens (primary N) is 1. The molecule has 1 rings (SSSR count). The highest BCUT2D eigenvalue weighted by Crippen LogP contribution is 2.06. The minimum Gasteiger partial charge on any atom is -0.478 e. The fourth-order valence-corrected chi connectivity index (χ4v) is 0.912. The van der Waals surface area contributed by atoms with Gasteiger partial charge in [0.1, 0.15) is 0 Å². The topological polar surface area (TPSA) is 63.3 Å². The van der Waals surface area contributed by atoms with Crippen LogP contribution in [0, 0.1) is 0 Å². The van der Waals surface area contributed by atoms with Crippen molar-refractivity contribution in [2.75, 3.05) is 5.73 Å². The Morgan fingerprint density at radius 1 is 1.21 bits per heavy atom. The predicted octanol–water partition coefficient (Wildman–Crippen LogP) is 1.92. The number of nitrogen functional groups attached to an aromatic ring is 1. The largest absolute Gasteiger partial charge is 0.478 e. The molecule has 0 saturated heterocycles. The number of carboxylic acids is 1. The summed E-state index contributed by atoms with van der Waals surface area (Å²) in [5.41, 5.74) is 7.20. The third kappa shape index (κ3) is 3.58. The van der Waals surface area contributed by atoms with Gasteiger partial charge < -0.3 is 10.8 Å². The fraction of sp³-hybridized carbons (Fsp3) is 0. The van der Waals surface area contributed by atoms with Crippen LogP contribution in [0.25, 0.3) is 6.08 Å². The molecule has 0 saturated carbocycles. The third-order valence-corrected chi connectivity index (χ3v) is 1.58. The summed E-state index contributed by atoms with van der Waals surface area (Å²) < 4.78 is 0. The zero-order valence-electron chi connectivity index (χ0n) is 7.55. The summed E-state index contributed by atoms with van der Waals surface area (Å²) in [6.07, 6.45) is 6.02. The van der Waals surface area contributed by atoms with Gasteiger partial charge in [-0.25, -0.2) is 4.79 Å². The molecule has 0 radical (unpaired) electrons. The van der Waals surface area contributed by atoms with Crippen molar-refractivity contribution in [1.82, 2.24) is 0 Å². The molecule has 14 heavy (non-hydrogen) atoms. The van der Waals surface area contributed by atoms with Crippen molar-refractivity contribution in [3.05, 3.63) is 48.1 Å². The third-order valence-electron chi connectivity index (χ3n) is 1.58. The molecule has 0 aromatic heterocycles. The lowest BCUT2D eigenvalue weighted by molar-refractivity contribution is -0.131. The Morgan fingerprint density at radius 3 is 2.43 bits per heavy atom. The van der Waals surface area contributed by atoms with E-state index in [9.17, 15) is 4.79 Å². The summed E-state index contributed by atoms with van der Waals surface area (Å²) >= 11 is 0. The number of allylic oxidation sites excluding steroid dienone is 2. The number of hydrogen-bond acceptors (Lipinski definition) is 2. The highest BCUT2D eigenvalue weighted by atomic mass is 16.4. The maximum absolute atomic E-state index is 10.1. The number of benzene rings is 1. The van der Waals surface area contributed by atoms with Gasteiger partial charge in [-0.15, -0.1) is 0 Å². The van der Waals surface area contributed by atoms with E-state index in [-0.39, 0.29) is 0 Å². The smallest absolute Gasteiger partial charge is 0.328 e. The molecule has 0 bridgehead atoms. The van der Waals surface area contributed by atoms with Gasteiger partial charge in [0, 0.05) is 11.8 Å². The lowest BCUT2D eigenvalue weighted by Crippen LogP contribution is -1.84. The molecule has 1 aromatic carbocycles. The van der Waals surface area contributed by atoms with Gasteiger partial charge >= 0.3 is 5.97 Å². The summed E-state index contributed by atoms with van der Waals surface area (Å²) in [6.45, 7) is 0. The van der Waals surface area contributed by atoms with Crippen molar-refractivity contribution in [2.24, 2.45) is 0 Å². The number of carboxylic acid groups (broad SMARTS) is 1. The average molecular weight is 189 g/mol. The van der Waals surface area contributed by atoms with Crippen LogP contribution >= 0.6 is 0 Å². The maximum atomic E-state index is 10.1. The summed E-state index contributed by atoms with van der Waals surface area (Å²) in [7, 11) is 0. The van der Waals surface area contributed by atoms with Crippen molar-refractivity contribution in [3.8, 4) is 0 Å². The Hall–Kier alpha value is -2.03. The minimum atomic E-state index is -0.952. The Labute approximate surface area is 82.2 Å². The number of carbonyl (C=O) groups is 1. The molecule has 3 N–H and O–H groups in total. The molecule has 1 aromatic rings. The summed E-state index contributed by atoms with van der Waals surface area (Å²) in [5, 5.41) is 8.31. The van der Waals surface area contributed by atoms with Crippen molar-refractivity contribution in [3.63, 3.8) is 0 Å². The SMILES string of the molecule is Nc1ccc(/C=C/C=C/C(=O)O)cc1. The summed E-state index contributed by atoms with van der Waals surface area (Å²) in [6, 6.07) is 7.31. The standard InChI is InChI=1S/C11H11NO2/c12-10-7-5-9(6-8-10)3-1-2-4-11(13)14/h1-8H,12H2,(H,13,14)/b3-1+,4-2+. The van der Waals surface area contributed by atoms with Crippen molar-refractivity contribution in [1.29, 1.82) is 0 Å². The maximum Gasteiger partial charge on any atom is 0.328 e. The first-order chi connectivity index (χ1) is 6.68. The molecule has 0 aliphatic heterocycles. The number of anilines is 1. The Balaban J connectivity index is 2.60. The van der Waals surface area contributed by atoms with E-state index in [1.54, 1.807) is 24.3 Å². The molecule has 0 spiro atoms. The van der Waals surface area contributed by atoms with Crippen molar-refractivity contribution in [2.45, 2.75) is 0 Å². The molecule has 3 nitrogen and oxygen atoms in total. The van der Waals surface area contributed by atoms with E-state index >= 15 is 0 Å². The van der Waals surface area contributed by atoms with E-state index < -0.39 is 5.97 Å². The van der Waals surface area contributed by atoms with Crippen molar-refractivity contribution < 1.29 is 9.90 Å². The normalized spacial score (nSPS) is 11.1. The minimum absolute atomic E-state index is 0.711. The van der Waals surface area contributed by atoms with E-state index in [0.717, 1.165) is 11.6 Å². The van der Waals surface area contributed by atoms with Crippen LogP contribution < -0.4 is 5.73 Å². The van der Waals surface area contributed by atoms with Gasteiger partial charge in [0.2, 0.25) is 0 Å². The second-order valence-electron chi connectivity index (χ2n) is 2.72.